The van der Waals surface area contributed by atoms with E-state index in [0.29, 0.717) is 29.4 Å². The zero-order valence-corrected chi connectivity index (χ0v) is 18.9. The van der Waals surface area contributed by atoms with Crippen LogP contribution < -0.4 is 10.6 Å². The summed E-state index contributed by atoms with van der Waals surface area (Å²) < 4.78 is 5.36. The first-order valence-electron chi connectivity index (χ1n) is 10.6. The minimum atomic E-state index is -0.225. The number of anilines is 1. The summed E-state index contributed by atoms with van der Waals surface area (Å²) in [6.45, 7) is 8.93. The summed E-state index contributed by atoms with van der Waals surface area (Å²) in [7, 11) is 0. The summed E-state index contributed by atoms with van der Waals surface area (Å²) in [6.07, 6.45) is 7.72. The van der Waals surface area contributed by atoms with Crippen LogP contribution in [0.4, 0.5) is 5.00 Å². The van der Waals surface area contributed by atoms with E-state index >= 15 is 0 Å². The van der Waals surface area contributed by atoms with Gasteiger partial charge in [0.25, 0.3) is 0 Å². The second-order valence-electron chi connectivity index (χ2n) is 7.99. The number of fused-ring (bicyclic) bond motifs is 1. The molecule has 0 aromatic carbocycles. The number of carbonyl (C=O) groups is 1. The second kappa shape index (κ2) is 10.0. The fraction of sp³-hybridized carbons (Fsp3) is 0.714. The summed E-state index contributed by atoms with van der Waals surface area (Å²) in [4.78, 5) is 16.5. The molecule has 7 heteroatoms. The number of thiophene rings is 1. The Morgan fingerprint density at radius 1 is 1.25 bits per heavy atom. The van der Waals surface area contributed by atoms with Gasteiger partial charge in [0.05, 0.1) is 12.2 Å². The van der Waals surface area contributed by atoms with Gasteiger partial charge in [0.15, 0.2) is 5.11 Å². The zero-order chi connectivity index (χ0) is 20.1. The van der Waals surface area contributed by atoms with Gasteiger partial charge in [-0.2, -0.15) is 0 Å². The van der Waals surface area contributed by atoms with Crippen molar-refractivity contribution < 1.29 is 9.53 Å². The lowest BCUT2D eigenvalue weighted by molar-refractivity contribution is 0.0527. The molecule has 1 aliphatic carbocycles. The third kappa shape index (κ3) is 5.24. The van der Waals surface area contributed by atoms with E-state index in [0.717, 1.165) is 50.2 Å². The number of likely N-dealkylation sites (tertiary alicyclic amines) is 1. The molecule has 1 fully saturated rings. The molecule has 1 saturated heterocycles. The molecule has 2 N–H and O–H groups in total. The molecule has 0 amide bonds. The van der Waals surface area contributed by atoms with Crippen molar-refractivity contribution in [1.82, 2.24) is 10.2 Å². The van der Waals surface area contributed by atoms with Gasteiger partial charge in [-0.05, 0) is 77.1 Å². The predicted octanol–water partition coefficient (Wildman–Crippen LogP) is 4.35. The summed E-state index contributed by atoms with van der Waals surface area (Å²) in [5.41, 5.74) is 1.89. The highest BCUT2D eigenvalue weighted by Crippen LogP contribution is 2.38. The van der Waals surface area contributed by atoms with E-state index in [1.807, 2.05) is 6.92 Å². The Hall–Kier alpha value is -1.18. The quantitative estimate of drug-likeness (QED) is 0.417. The van der Waals surface area contributed by atoms with E-state index in [1.54, 1.807) is 11.3 Å². The van der Waals surface area contributed by atoms with Crippen LogP contribution in [0.3, 0.4) is 0 Å². The molecule has 0 spiro atoms. The highest BCUT2D eigenvalue weighted by atomic mass is 32.1. The maximum absolute atomic E-state index is 12.7. The smallest absolute Gasteiger partial charge is 0.341 e. The second-order valence-corrected chi connectivity index (χ2v) is 9.50. The van der Waals surface area contributed by atoms with Gasteiger partial charge in [-0.15, -0.1) is 11.3 Å². The van der Waals surface area contributed by atoms with Gasteiger partial charge < -0.3 is 20.3 Å². The highest BCUT2D eigenvalue weighted by molar-refractivity contribution is 7.80. The number of esters is 1. The molecule has 0 radical (unpaired) electrons. The third-order valence-electron chi connectivity index (χ3n) is 5.72. The SMILES string of the molecule is CCOC(=O)c1c(NC(=S)NC2CCN(C(C)C)CC2)sc2c1CCCCC2. The van der Waals surface area contributed by atoms with E-state index in [2.05, 4.69) is 29.4 Å². The third-order valence-corrected chi connectivity index (χ3v) is 7.15. The average molecular weight is 424 g/mol. The molecule has 156 valence electrons. The molecule has 1 aromatic heterocycles. The number of thiocarbonyl (C=S) groups is 1. The van der Waals surface area contributed by atoms with Crippen molar-refractivity contribution >= 4 is 39.6 Å². The summed E-state index contributed by atoms with van der Waals surface area (Å²) in [6, 6.07) is 0.985. The topological polar surface area (TPSA) is 53.6 Å². The molecule has 0 atom stereocenters. The lowest BCUT2D eigenvalue weighted by atomic mass is 10.0. The van der Waals surface area contributed by atoms with Crippen LogP contribution in [0.25, 0.3) is 0 Å². The van der Waals surface area contributed by atoms with E-state index < -0.39 is 0 Å². The van der Waals surface area contributed by atoms with Crippen LogP contribution in [-0.4, -0.2) is 47.8 Å². The Bertz CT molecular complexity index is 694. The molecule has 1 aromatic rings. The zero-order valence-electron chi connectivity index (χ0n) is 17.3. The van der Waals surface area contributed by atoms with Gasteiger partial charge in [-0.3, -0.25) is 0 Å². The number of hydrogen-bond acceptors (Lipinski definition) is 5. The van der Waals surface area contributed by atoms with Crippen LogP contribution >= 0.6 is 23.6 Å². The molecule has 28 heavy (non-hydrogen) atoms. The van der Waals surface area contributed by atoms with Crippen LogP contribution in [0.5, 0.6) is 0 Å². The summed E-state index contributed by atoms with van der Waals surface area (Å²) in [5, 5.41) is 8.26. The Labute approximate surface area is 178 Å². The number of carbonyl (C=O) groups excluding carboxylic acids is 1. The molecule has 2 aliphatic rings. The molecule has 0 unspecified atom stereocenters. The molecule has 1 aliphatic heterocycles. The van der Waals surface area contributed by atoms with Gasteiger partial charge in [-0.25, -0.2) is 4.79 Å². The Morgan fingerprint density at radius 2 is 1.96 bits per heavy atom. The van der Waals surface area contributed by atoms with E-state index in [1.165, 1.54) is 23.3 Å². The van der Waals surface area contributed by atoms with Crippen LogP contribution in [0.1, 0.15) is 73.7 Å². The average Bonchev–Trinajstić information content (AvgIpc) is 2.82. The number of aryl methyl sites for hydroxylation is 1. The van der Waals surface area contributed by atoms with Gasteiger partial charge >= 0.3 is 5.97 Å². The van der Waals surface area contributed by atoms with Crippen molar-refractivity contribution in [3.05, 3.63) is 16.0 Å². The predicted molar refractivity (Wildman–Crippen MR) is 121 cm³/mol. The van der Waals surface area contributed by atoms with Crippen molar-refractivity contribution in [1.29, 1.82) is 0 Å². The number of rotatable bonds is 5. The molecule has 0 bridgehead atoms. The number of hydrogen-bond donors (Lipinski definition) is 2. The van der Waals surface area contributed by atoms with Gasteiger partial charge in [0, 0.05) is 30.1 Å². The number of piperidine rings is 1. The van der Waals surface area contributed by atoms with Crippen molar-refractivity contribution in [2.75, 3.05) is 25.0 Å². The first-order chi connectivity index (χ1) is 13.5. The van der Waals surface area contributed by atoms with Gasteiger partial charge in [0.2, 0.25) is 0 Å². The maximum Gasteiger partial charge on any atom is 0.341 e. The van der Waals surface area contributed by atoms with Crippen molar-refractivity contribution in [2.24, 2.45) is 0 Å². The number of nitrogens with one attached hydrogen (secondary N) is 2. The Morgan fingerprint density at radius 3 is 2.64 bits per heavy atom. The fourth-order valence-electron chi connectivity index (χ4n) is 4.13. The van der Waals surface area contributed by atoms with Crippen molar-refractivity contribution in [3.63, 3.8) is 0 Å². The fourth-order valence-corrected chi connectivity index (χ4v) is 5.75. The van der Waals surface area contributed by atoms with Crippen molar-refractivity contribution in [2.45, 2.75) is 77.8 Å². The number of nitrogens with zero attached hydrogens (tertiary/aromatic N) is 1. The molecular weight excluding hydrogens is 390 g/mol. The lowest BCUT2D eigenvalue weighted by Gasteiger charge is -2.35. The molecular formula is C21H33N3O2S2. The maximum atomic E-state index is 12.7. The molecule has 2 heterocycles. The molecule has 3 rings (SSSR count). The van der Waals surface area contributed by atoms with E-state index in [4.69, 9.17) is 17.0 Å². The minimum Gasteiger partial charge on any atom is -0.462 e. The lowest BCUT2D eigenvalue weighted by Crippen LogP contribution is -2.47. The van der Waals surface area contributed by atoms with Crippen LogP contribution in [0.15, 0.2) is 0 Å². The van der Waals surface area contributed by atoms with Crippen molar-refractivity contribution in [3.8, 4) is 0 Å². The minimum absolute atomic E-state index is 0.225. The van der Waals surface area contributed by atoms with Crippen LogP contribution in [0, 0.1) is 0 Å². The largest absolute Gasteiger partial charge is 0.462 e. The monoisotopic (exact) mass is 423 g/mol. The van der Waals surface area contributed by atoms with Crippen LogP contribution in [0.2, 0.25) is 0 Å². The summed E-state index contributed by atoms with van der Waals surface area (Å²) in [5.74, 6) is -0.225. The van der Waals surface area contributed by atoms with Crippen LogP contribution in [-0.2, 0) is 17.6 Å². The van der Waals surface area contributed by atoms with E-state index in [-0.39, 0.29) is 5.97 Å². The summed E-state index contributed by atoms with van der Waals surface area (Å²) >= 11 is 7.27. The number of ether oxygens (including phenoxy) is 1. The van der Waals surface area contributed by atoms with E-state index in [9.17, 15) is 4.79 Å². The Balaban J connectivity index is 1.67. The first kappa shape index (κ1) is 21.5. The Kier molecular flexibility index (Phi) is 7.71. The van der Waals surface area contributed by atoms with Gasteiger partial charge in [-0.1, -0.05) is 6.42 Å². The highest BCUT2D eigenvalue weighted by Gasteiger charge is 2.27. The normalized spacial score (nSPS) is 18.4. The first-order valence-corrected chi connectivity index (χ1v) is 11.8. The molecule has 5 nitrogen and oxygen atoms in total. The standard InChI is InChI=1S/C21H33N3O2S2/c1-4-26-20(25)18-16-8-6-5-7-9-17(16)28-19(18)23-21(27)22-15-10-12-24(13-11-15)14(2)3/h14-15H,4-13H2,1-3H3,(H2,22,23,27). The van der Waals surface area contributed by atoms with Gasteiger partial charge in [0.1, 0.15) is 5.00 Å². The molecule has 0 saturated carbocycles.